The number of hydrogen-bond donors (Lipinski definition) is 4. The molecule has 0 bridgehead atoms. The summed E-state index contributed by atoms with van der Waals surface area (Å²) in [6.07, 6.45) is 6.96. The van der Waals surface area contributed by atoms with Gasteiger partial charge >= 0.3 is 5.97 Å². The number of quaternary nitrogens is 1. The van der Waals surface area contributed by atoms with Crippen molar-refractivity contribution in [3.8, 4) is 23.8 Å². The minimum atomic E-state index is -1.09. The summed E-state index contributed by atoms with van der Waals surface area (Å²) in [5.74, 6) is 0.482. The van der Waals surface area contributed by atoms with Gasteiger partial charge in [-0.05, 0) is 67.7 Å². The van der Waals surface area contributed by atoms with Gasteiger partial charge in [-0.2, -0.15) is 0 Å². The Bertz CT molecular complexity index is 2200. The molecule has 0 aromatic heterocycles. The zero-order chi connectivity index (χ0) is 48.6. The first-order valence-electron chi connectivity index (χ1n) is 23.2. The molecule has 2 aliphatic rings. The smallest absolute Gasteiger partial charge is 0.308 e. The third kappa shape index (κ3) is 16.3. The summed E-state index contributed by atoms with van der Waals surface area (Å²) in [6.45, 7) is 13.2. The molecular formula is C52H68N5O10+. The Balaban J connectivity index is 1.37. The van der Waals surface area contributed by atoms with Gasteiger partial charge in [0.15, 0.2) is 12.3 Å². The second-order valence-corrected chi connectivity index (χ2v) is 18.7. The molecule has 360 valence electrons. The van der Waals surface area contributed by atoms with E-state index >= 15 is 0 Å². The number of hydrogen-bond acceptors (Lipinski definition) is 10. The van der Waals surface area contributed by atoms with E-state index in [1.54, 1.807) is 25.1 Å². The number of amides is 4. The van der Waals surface area contributed by atoms with Gasteiger partial charge < -0.3 is 44.7 Å². The lowest BCUT2D eigenvalue weighted by Crippen LogP contribution is -2.61. The maximum atomic E-state index is 14.5. The van der Waals surface area contributed by atoms with Gasteiger partial charge in [-0.1, -0.05) is 94.3 Å². The number of epoxide rings is 1. The molecule has 5 rings (SSSR count). The van der Waals surface area contributed by atoms with Gasteiger partial charge in [-0.3, -0.25) is 28.8 Å². The van der Waals surface area contributed by atoms with Gasteiger partial charge in [0.1, 0.15) is 61.5 Å². The van der Waals surface area contributed by atoms with Crippen molar-refractivity contribution in [3.05, 3.63) is 95.6 Å². The first-order chi connectivity index (χ1) is 32.0. The van der Waals surface area contributed by atoms with E-state index in [0.717, 1.165) is 16.7 Å². The van der Waals surface area contributed by atoms with E-state index in [1.807, 2.05) is 88.4 Å². The van der Waals surface area contributed by atoms with Crippen LogP contribution in [0.15, 0.2) is 78.9 Å². The lowest BCUT2D eigenvalue weighted by atomic mass is 9.93. The number of Topliss-reactive ketones (excluding diaryl/α,β-unsaturated/α-hetero) is 1. The number of esters is 1. The van der Waals surface area contributed by atoms with Crippen LogP contribution < -0.4 is 30.7 Å². The van der Waals surface area contributed by atoms with Crippen molar-refractivity contribution in [1.82, 2.24) is 21.3 Å². The molecule has 4 unspecified atom stereocenters. The lowest BCUT2D eigenvalue weighted by molar-refractivity contribution is -0.940. The van der Waals surface area contributed by atoms with Crippen LogP contribution in [0, 0.1) is 24.2 Å². The van der Waals surface area contributed by atoms with Gasteiger partial charge in [0.2, 0.25) is 17.7 Å². The van der Waals surface area contributed by atoms with Crippen LogP contribution in [-0.4, -0.2) is 116 Å². The monoisotopic (exact) mass is 922 g/mol. The molecule has 67 heavy (non-hydrogen) atoms. The van der Waals surface area contributed by atoms with Gasteiger partial charge in [-0.15, -0.1) is 6.42 Å². The number of carbonyl (C=O) groups excluding carboxylic acids is 6. The predicted molar refractivity (Wildman–Crippen MR) is 252 cm³/mol. The number of ketones is 1. The molecule has 4 N–H and O–H groups in total. The Hall–Kier alpha value is -6.08. The summed E-state index contributed by atoms with van der Waals surface area (Å²) in [6, 6.07) is 19.9. The quantitative estimate of drug-likeness (QED) is 0.0315. The van der Waals surface area contributed by atoms with Gasteiger partial charge in [0.05, 0.1) is 25.9 Å². The fourth-order valence-electron chi connectivity index (χ4n) is 8.28. The van der Waals surface area contributed by atoms with Crippen molar-refractivity contribution in [2.24, 2.45) is 11.8 Å². The van der Waals surface area contributed by atoms with Crippen LogP contribution in [0.25, 0.3) is 0 Å². The topological polar surface area (TPSA) is 191 Å². The highest BCUT2D eigenvalue weighted by molar-refractivity contribution is 5.98. The van der Waals surface area contributed by atoms with Crippen molar-refractivity contribution in [2.45, 2.75) is 110 Å². The highest BCUT2D eigenvalue weighted by Crippen LogP contribution is 2.31. The van der Waals surface area contributed by atoms with E-state index in [1.165, 1.54) is 6.92 Å². The molecule has 4 amide bonds. The molecule has 15 heteroatoms. The van der Waals surface area contributed by atoms with Crippen molar-refractivity contribution in [1.29, 1.82) is 0 Å². The van der Waals surface area contributed by atoms with Crippen molar-refractivity contribution in [2.75, 3.05) is 46.1 Å². The van der Waals surface area contributed by atoms with Crippen molar-refractivity contribution < 1.29 is 52.2 Å². The molecule has 15 nitrogen and oxygen atoms in total. The molecule has 2 heterocycles. The van der Waals surface area contributed by atoms with Crippen molar-refractivity contribution >= 4 is 35.4 Å². The molecule has 2 saturated heterocycles. The van der Waals surface area contributed by atoms with E-state index in [9.17, 15) is 28.8 Å². The zero-order valence-corrected chi connectivity index (χ0v) is 39.8. The van der Waals surface area contributed by atoms with Gasteiger partial charge in [0.25, 0.3) is 5.91 Å². The SMILES string of the molecule is C#CCOc1cc(OC(C)=O)ccc1C[N+]1(CC(=O)NC(CCc2ccccc2)C(=O)NC(CC(C)C)C(=O)NC(Cc2ccccc2)C(=O)NC(CC(C)C)C(=O)[C@@]2(C)CO2)CCOCC1. The first kappa shape index (κ1) is 51.9. The lowest BCUT2D eigenvalue weighted by Gasteiger charge is -2.41. The molecule has 3 aromatic rings. The molecule has 0 aliphatic carbocycles. The zero-order valence-electron chi connectivity index (χ0n) is 39.8. The summed E-state index contributed by atoms with van der Waals surface area (Å²) < 4.78 is 22.6. The standard InChI is InChI=1S/C52H67N5O10/c1-8-25-65-46-31-41(67-37(6)58)21-20-40(46)32-57(23-26-64-27-24-57)33-47(59)53-42(22-19-38-15-11-9-12-16-38)49(61)55-44(29-36(4)5)50(62)56-45(30-39-17-13-10-14-18-39)51(63)54-43(28-35(2)3)48(60)52(7)34-66-52/h1,9-18,20-21,31,35-36,42-45H,19,22-30,32-34H2,2-7H3,(H3-,53,54,55,56,59,61,62,63)/p+1/t42?,43?,44?,45?,52-/m1/s1. The third-order valence-corrected chi connectivity index (χ3v) is 11.9. The Kier molecular flexibility index (Phi) is 19.1. The average molecular weight is 923 g/mol. The van der Waals surface area contributed by atoms with Crippen LogP contribution in [0.4, 0.5) is 0 Å². The normalized spacial score (nSPS) is 18.0. The van der Waals surface area contributed by atoms with Crippen LogP contribution in [0.3, 0.4) is 0 Å². The minimum absolute atomic E-state index is 0.00345. The van der Waals surface area contributed by atoms with E-state index < -0.39 is 53.5 Å². The molecule has 2 aliphatic heterocycles. The molecule has 0 radical (unpaired) electrons. The Labute approximate surface area is 395 Å². The average Bonchev–Trinajstić information content (AvgIpc) is 4.05. The number of terminal acetylenes is 1. The number of carbonyl (C=O) groups is 6. The molecule has 2 fully saturated rings. The first-order valence-corrected chi connectivity index (χ1v) is 23.2. The van der Waals surface area contributed by atoms with E-state index in [0.29, 0.717) is 57.2 Å². The summed E-state index contributed by atoms with van der Waals surface area (Å²) in [5.41, 5.74) is 1.53. The highest BCUT2D eigenvalue weighted by atomic mass is 16.6. The number of nitrogens with zero attached hydrogens (tertiary/aromatic N) is 1. The second kappa shape index (κ2) is 24.6. The van der Waals surface area contributed by atoms with Gasteiger partial charge in [-0.25, -0.2) is 0 Å². The second-order valence-electron chi connectivity index (χ2n) is 18.7. The van der Waals surface area contributed by atoms with Crippen molar-refractivity contribution in [3.63, 3.8) is 0 Å². The summed E-state index contributed by atoms with van der Waals surface area (Å²) in [7, 11) is 0. The minimum Gasteiger partial charge on any atom is -0.480 e. The Morgan fingerprint density at radius 2 is 1.33 bits per heavy atom. The molecule has 3 aromatic carbocycles. The fourth-order valence-corrected chi connectivity index (χ4v) is 8.28. The Morgan fingerprint density at radius 1 is 0.761 bits per heavy atom. The van der Waals surface area contributed by atoms with Crippen LogP contribution in [0.5, 0.6) is 11.5 Å². The van der Waals surface area contributed by atoms with Crippen LogP contribution in [0.2, 0.25) is 0 Å². The number of benzene rings is 3. The summed E-state index contributed by atoms with van der Waals surface area (Å²) in [4.78, 5) is 82.6. The third-order valence-electron chi connectivity index (χ3n) is 11.9. The largest absolute Gasteiger partial charge is 0.480 e. The maximum Gasteiger partial charge on any atom is 0.308 e. The van der Waals surface area contributed by atoms with Crippen LogP contribution >= 0.6 is 0 Å². The van der Waals surface area contributed by atoms with E-state index in [4.69, 9.17) is 25.4 Å². The highest BCUT2D eigenvalue weighted by Gasteiger charge is 2.50. The molecular weight excluding hydrogens is 855 g/mol. The summed E-state index contributed by atoms with van der Waals surface area (Å²) >= 11 is 0. The summed E-state index contributed by atoms with van der Waals surface area (Å²) in [5, 5.41) is 11.8. The molecule has 0 spiro atoms. The molecule has 5 atom stereocenters. The number of rotatable bonds is 25. The Morgan fingerprint density at radius 3 is 1.93 bits per heavy atom. The maximum absolute atomic E-state index is 14.5. The fraction of sp³-hybridized carbons (Fsp3) is 0.500. The number of ether oxygens (including phenoxy) is 4. The van der Waals surface area contributed by atoms with E-state index in [2.05, 4.69) is 27.2 Å². The number of aryl methyl sites for hydroxylation is 1. The van der Waals surface area contributed by atoms with E-state index in [-0.39, 0.29) is 67.0 Å². The van der Waals surface area contributed by atoms with Gasteiger partial charge in [0, 0.05) is 25.0 Å². The number of morpholine rings is 1. The van der Waals surface area contributed by atoms with Crippen LogP contribution in [0.1, 0.15) is 77.5 Å². The predicted octanol–water partition coefficient (Wildman–Crippen LogP) is 4.24. The molecule has 0 saturated carbocycles. The number of nitrogens with one attached hydrogen (secondary N) is 4. The van der Waals surface area contributed by atoms with Crippen LogP contribution in [-0.2, 0) is 57.6 Å².